The van der Waals surface area contributed by atoms with E-state index in [4.69, 9.17) is 9.15 Å². The third-order valence-electron chi connectivity index (χ3n) is 6.11. The first kappa shape index (κ1) is 23.8. The quantitative estimate of drug-likeness (QED) is 0.198. The second-order valence-electron chi connectivity index (χ2n) is 9.54. The fraction of sp³-hybridized carbons (Fsp3) is 0.250. The van der Waals surface area contributed by atoms with Crippen LogP contribution in [-0.2, 0) is 15.0 Å². The molecule has 184 valence electrons. The monoisotopic (exact) mass is 502 g/mol. The SMILES string of the molecule is CCOc1ccc(/C(O)=C2\C(=O)C(=O)N(c3nc4ccccc4s3)C2c2ccco2)cc1C(C)(C)C. The normalized spacial score (nSPS) is 17.8. The fourth-order valence-electron chi connectivity index (χ4n) is 4.41. The summed E-state index contributed by atoms with van der Waals surface area (Å²) in [6.07, 6.45) is 1.47. The smallest absolute Gasteiger partial charge is 0.302 e. The predicted octanol–water partition coefficient (Wildman–Crippen LogP) is 6.21. The van der Waals surface area contributed by atoms with Crippen molar-refractivity contribution in [2.45, 2.75) is 39.2 Å². The number of carbonyl (C=O) groups excluding carboxylic acids is 2. The van der Waals surface area contributed by atoms with E-state index in [1.54, 1.807) is 24.3 Å². The number of hydrogen-bond acceptors (Lipinski definition) is 7. The van der Waals surface area contributed by atoms with Crippen molar-refractivity contribution in [3.63, 3.8) is 0 Å². The number of hydrogen-bond donors (Lipinski definition) is 1. The van der Waals surface area contributed by atoms with Crippen molar-refractivity contribution in [3.05, 3.63) is 83.3 Å². The van der Waals surface area contributed by atoms with Crippen molar-refractivity contribution in [2.24, 2.45) is 0 Å². The molecule has 0 spiro atoms. The second kappa shape index (κ2) is 8.95. The van der Waals surface area contributed by atoms with Gasteiger partial charge in [-0.25, -0.2) is 4.98 Å². The van der Waals surface area contributed by atoms with E-state index in [1.807, 2.05) is 58.0 Å². The lowest BCUT2D eigenvalue weighted by Crippen LogP contribution is -2.29. The molecular weight excluding hydrogens is 476 g/mol. The van der Waals surface area contributed by atoms with Crippen molar-refractivity contribution in [2.75, 3.05) is 11.5 Å². The summed E-state index contributed by atoms with van der Waals surface area (Å²) in [5.41, 5.74) is 1.69. The first-order chi connectivity index (χ1) is 17.2. The molecule has 0 aliphatic carbocycles. The van der Waals surface area contributed by atoms with E-state index < -0.39 is 17.7 Å². The Labute approximate surface area is 212 Å². The van der Waals surface area contributed by atoms with Gasteiger partial charge in [-0.05, 0) is 54.8 Å². The standard InChI is InChI=1S/C28H26N2O5S/c1-5-34-19-13-12-16(15-17(19)28(2,3)4)24(31)22-23(20-10-8-14-35-20)30(26(33)25(22)32)27-29-18-9-6-7-11-21(18)36-27/h6-15,23,31H,5H2,1-4H3/b24-22+. The molecule has 1 atom stereocenters. The minimum Gasteiger partial charge on any atom is -0.507 e. The lowest BCUT2D eigenvalue weighted by molar-refractivity contribution is -0.132. The number of aliphatic hydroxyl groups excluding tert-OH is 1. The third-order valence-corrected chi connectivity index (χ3v) is 7.14. The molecule has 0 saturated carbocycles. The number of amides is 1. The Morgan fingerprint density at radius 2 is 1.92 bits per heavy atom. The lowest BCUT2D eigenvalue weighted by Gasteiger charge is -2.24. The van der Waals surface area contributed by atoms with Crippen LogP contribution in [0.25, 0.3) is 16.0 Å². The van der Waals surface area contributed by atoms with Gasteiger partial charge in [-0.3, -0.25) is 14.5 Å². The zero-order chi connectivity index (χ0) is 25.6. The van der Waals surface area contributed by atoms with E-state index in [0.29, 0.717) is 28.8 Å². The number of furan rings is 1. The summed E-state index contributed by atoms with van der Waals surface area (Å²) < 4.78 is 12.3. The van der Waals surface area contributed by atoms with Crippen molar-refractivity contribution in [1.29, 1.82) is 0 Å². The molecule has 2 aromatic carbocycles. The highest BCUT2D eigenvalue weighted by Crippen LogP contribution is 2.45. The van der Waals surface area contributed by atoms with E-state index in [0.717, 1.165) is 15.8 Å². The van der Waals surface area contributed by atoms with E-state index in [-0.39, 0.29) is 16.7 Å². The highest BCUT2D eigenvalue weighted by Gasteiger charge is 2.49. The molecule has 3 heterocycles. The van der Waals surface area contributed by atoms with Crippen LogP contribution in [0.3, 0.4) is 0 Å². The minimum atomic E-state index is -0.954. The molecule has 1 aliphatic rings. The van der Waals surface area contributed by atoms with E-state index in [2.05, 4.69) is 4.98 Å². The van der Waals surface area contributed by atoms with Crippen molar-refractivity contribution < 1.29 is 23.8 Å². The molecule has 0 radical (unpaired) electrons. The number of aliphatic hydroxyl groups is 1. The lowest BCUT2D eigenvalue weighted by atomic mass is 9.84. The van der Waals surface area contributed by atoms with Crippen molar-refractivity contribution >= 4 is 44.1 Å². The van der Waals surface area contributed by atoms with Gasteiger partial charge in [-0.2, -0.15) is 0 Å². The topological polar surface area (TPSA) is 92.9 Å². The van der Waals surface area contributed by atoms with Gasteiger partial charge in [0.05, 0.1) is 28.7 Å². The average molecular weight is 503 g/mol. The summed E-state index contributed by atoms with van der Waals surface area (Å²) in [6, 6.07) is 15.2. The number of ketones is 1. The highest BCUT2D eigenvalue weighted by molar-refractivity contribution is 7.22. The minimum absolute atomic E-state index is 0.0433. The maximum Gasteiger partial charge on any atom is 0.302 e. The number of para-hydroxylation sites is 1. The molecule has 5 rings (SSSR count). The van der Waals surface area contributed by atoms with Gasteiger partial charge in [0.2, 0.25) is 0 Å². The Bertz CT molecular complexity index is 1460. The number of rotatable bonds is 5. The van der Waals surface area contributed by atoms with Crippen molar-refractivity contribution in [3.8, 4) is 5.75 Å². The molecule has 2 aromatic heterocycles. The third kappa shape index (κ3) is 3.97. The molecule has 8 heteroatoms. The van der Waals surface area contributed by atoms with Gasteiger partial charge in [0.1, 0.15) is 23.3 Å². The largest absolute Gasteiger partial charge is 0.507 e. The molecular formula is C28H26N2O5S. The summed E-state index contributed by atoms with van der Waals surface area (Å²) >= 11 is 1.30. The van der Waals surface area contributed by atoms with Crippen LogP contribution in [0.5, 0.6) is 5.75 Å². The highest BCUT2D eigenvalue weighted by atomic mass is 32.1. The van der Waals surface area contributed by atoms with Gasteiger partial charge in [0, 0.05) is 11.1 Å². The first-order valence-corrected chi connectivity index (χ1v) is 12.5. The maximum absolute atomic E-state index is 13.4. The number of nitrogens with zero attached hydrogens (tertiary/aromatic N) is 2. The van der Waals surface area contributed by atoms with Gasteiger partial charge >= 0.3 is 5.91 Å². The summed E-state index contributed by atoms with van der Waals surface area (Å²) in [7, 11) is 0. The van der Waals surface area contributed by atoms with Crippen LogP contribution in [-0.4, -0.2) is 28.4 Å². The van der Waals surface area contributed by atoms with Crippen LogP contribution < -0.4 is 9.64 Å². The summed E-state index contributed by atoms with van der Waals surface area (Å²) in [5.74, 6) is -0.763. The first-order valence-electron chi connectivity index (χ1n) is 11.7. The summed E-state index contributed by atoms with van der Waals surface area (Å²) in [4.78, 5) is 32.6. The number of carbonyl (C=O) groups is 2. The molecule has 1 saturated heterocycles. The molecule has 1 amide bonds. The Morgan fingerprint density at radius 1 is 1.14 bits per heavy atom. The van der Waals surface area contributed by atoms with Crippen LogP contribution in [0.4, 0.5) is 5.13 Å². The average Bonchev–Trinajstić information content (AvgIpc) is 3.57. The Balaban J connectivity index is 1.69. The van der Waals surface area contributed by atoms with Crippen LogP contribution >= 0.6 is 11.3 Å². The number of anilines is 1. The number of Topliss-reactive ketones (excluding diaryl/α,β-unsaturated/α-hetero) is 1. The summed E-state index contributed by atoms with van der Waals surface area (Å²) in [5, 5.41) is 11.8. The number of benzene rings is 2. The van der Waals surface area contributed by atoms with Gasteiger partial charge in [0.25, 0.3) is 5.78 Å². The van der Waals surface area contributed by atoms with Crippen LogP contribution in [0.2, 0.25) is 0 Å². The second-order valence-corrected chi connectivity index (χ2v) is 10.6. The molecule has 1 aliphatic heterocycles. The molecule has 0 bridgehead atoms. The zero-order valence-corrected chi connectivity index (χ0v) is 21.3. The maximum atomic E-state index is 13.4. The van der Waals surface area contributed by atoms with Gasteiger partial charge in [-0.1, -0.05) is 44.2 Å². The van der Waals surface area contributed by atoms with Crippen LogP contribution in [0, 0.1) is 0 Å². The number of ether oxygens (including phenoxy) is 1. The molecule has 36 heavy (non-hydrogen) atoms. The number of aromatic nitrogens is 1. The fourth-order valence-corrected chi connectivity index (χ4v) is 5.40. The van der Waals surface area contributed by atoms with E-state index >= 15 is 0 Å². The summed E-state index contributed by atoms with van der Waals surface area (Å²) in [6.45, 7) is 8.55. The molecule has 1 fully saturated rings. The Kier molecular flexibility index (Phi) is 5.92. The number of fused-ring (bicyclic) bond motifs is 1. The van der Waals surface area contributed by atoms with E-state index in [9.17, 15) is 14.7 Å². The van der Waals surface area contributed by atoms with Gasteiger partial charge in [0.15, 0.2) is 5.13 Å². The molecule has 4 aromatic rings. The molecule has 7 nitrogen and oxygen atoms in total. The zero-order valence-electron chi connectivity index (χ0n) is 20.4. The molecule has 1 unspecified atom stereocenters. The van der Waals surface area contributed by atoms with Crippen LogP contribution in [0.1, 0.15) is 50.6 Å². The van der Waals surface area contributed by atoms with Crippen molar-refractivity contribution in [1.82, 2.24) is 4.98 Å². The van der Waals surface area contributed by atoms with E-state index in [1.165, 1.54) is 22.5 Å². The Hall–Kier alpha value is -3.91. The van der Waals surface area contributed by atoms with Gasteiger partial charge < -0.3 is 14.3 Å². The van der Waals surface area contributed by atoms with Crippen LogP contribution in [0.15, 0.2) is 70.9 Å². The molecule has 1 N–H and O–H groups in total. The Morgan fingerprint density at radius 3 is 2.58 bits per heavy atom. The number of thiazole rings is 1. The van der Waals surface area contributed by atoms with Gasteiger partial charge in [-0.15, -0.1) is 0 Å². The predicted molar refractivity (Wildman–Crippen MR) is 139 cm³/mol.